The first-order valence-corrected chi connectivity index (χ1v) is 10.5. The largest absolute Gasteiger partial charge is 0.496 e. The van der Waals surface area contributed by atoms with Crippen molar-refractivity contribution in [2.24, 2.45) is 0 Å². The maximum absolute atomic E-state index is 11.9. The van der Waals surface area contributed by atoms with Crippen molar-refractivity contribution in [3.05, 3.63) is 23.5 Å². The lowest BCUT2D eigenvalue weighted by Crippen LogP contribution is -2.54. The second-order valence-electron chi connectivity index (χ2n) is 5.90. The van der Waals surface area contributed by atoms with Crippen LogP contribution in [0.4, 0.5) is 0 Å². The molecule has 0 radical (unpaired) electrons. The Balaban J connectivity index is 3.41. The number of allylic oxidation sites excluding steroid dienone is 1. The minimum Gasteiger partial charge on any atom is -0.496 e. The molecule has 0 amide bonds. The third-order valence-electron chi connectivity index (χ3n) is 3.26. The van der Waals surface area contributed by atoms with Crippen molar-refractivity contribution < 1.29 is 28.2 Å². The summed E-state index contributed by atoms with van der Waals surface area (Å²) in [5.74, 6) is -1.14. The quantitative estimate of drug-likeness (QED) is 0.423. The van der Waals surface area contributed by atoms with E-state index in [0.717, 1.165) is 0 Å². The van der Waals surface area contributed by atoms with Crippen molar-refractivity contribution in [2.75, 3.05) is 28.4 Å². The van der Waals surface area contributed by atoms with Gasteiger partial charge < -0.3 is 23.4 Å². The zero-order chi connectivity index (χ0) is 17.0. The van der Waals surface area contributed by atoms with E-state index < -0.39 is 26.2 Å². The maximum Gasteiger partial charge on any atom is 0.333 e. The highest BCUT2D eigenvalue weighted by Gasteiger charge is 2.49. The number of hydrogen-bond donors (Lipinski definition) is 0. The fourth-order valence-corrected chi connectivity index (χ4v) is 3.61. The molecule has 2 atom stereocenters. The highest BCUT2D eigenvalue weighted by atomic mass is 28.4. The van der Waals surface area contributed by atoms with Gasteiger partial charge in [-0.1, -0.05) is 0 Å². The van der Waals surface area contributed by atoms with Crippen molar-refractivity contribution >= 4 is 14.3 Å². The Morgan fingerprint density at radius 2 is 1.86 bits per heavy atom. The SMILES string of the molecule is COC(=O)C1=CC(OC)C(OC)(O[Si](C)(C)C)C(OC)=CC1. The summed E-state index contributed by atoms with van der Waals surface area (Å²) in [7, 11) is 3.96. The molecule has 0 saturated carbocycles. The molecule has 1 rings (SSSR count). The van der Waals surface area contributed by atoms with E-state index >= 15 is 0 Å². The van der Waals surface area contributed by atoms with Crippen LogP contribution < -0.4 is 0 Å². The van der Waals surface area contributed by atoms with Crippen LogP contribution in [-0.2, 0) is 28.2 Å². The summed E-state index contributed by atoms with van der Waals surface area (Å²) in [4.78, 5) is 11.9. The van der Waals surface area contributed by atoms with E-state index in [-0.39, 0.29) is 0 Å². The predicted molar refractivity (Wildman–Crippen MR) is 84.8 cm³/mol. The van der Waals surface area contributed by atoms with Gasteiger partial charge in [-0.3, -0.25) is 0 Å². The van der Waals surface area contributed by atoms with Gasteiger partial charge in [0.15, 0.2) is 14.1 Å². The van der Waals surface area contributed by atoms with Gasteiger partial charge in [-0.05, 0) is 31.8 Å². The van der Waals surface area contributed by atoms with Crippen molar-refractivity contribution in [3.8, 4) is 0 Å². The van der Waals surface area contributed by atoms with E-state index in [9.17, 15) is 4.79 Å². The van der Waals surface area contributed by atoms with E-state index in [1.165, 1.54) is 21.3 Å². The molecule has 1 aliphatic carbocycles. The molecule has 22 heavy (non-hydrogen) atoms. The molecule has 1 aliphatic rings. The van der Waals surface area contributed by atoms with Gasteiger partial charge in [-0.2, -0.15) is 0 Å². The maximum atomic E-state index is 11.9. The topological polar surface area (TPSA) is 63.2 Å². The monoisotopic (exact) mass is 330 g/mol. The van der Waals surface area contributed by atoms with Crippen molar-refractivity contribution in [3.63, 3.8) is 0 Å². The standard InChI is InChI=1S/C15H26O6Si/c1-17-12-9-8-11(14(16)19-3)10-13(18-2)15(12,20-4)21-22(5,6)7/h9-10,13H,8H2,1-7H3. The van der Waals surface area contributed by atoms with Crippen molar-refractivity contribution in [1.29, 1.82) is 0 Å². The van der Waals surface area contributed by atoms with Crippen LogP contribution in [0.2, 0.25) is 19.6 Å². The molecule has 0 N–H and O–H groups in total. The second kappa shape index (κ2) is 7.41. The Bertz CT molecular complexity index is 465. The van der Waals surface area contributed by atoms with Crippen LogP contribution in [0.5, 0.6) is 0 Å². The average molecular weight is 330 g/mol. The summed E-state index contributed by atoms with van der Waals surface area (Å²) in [6, 6.07) is 0. The summed E-state index contributed by atoms with van der Waals surface area (Å²) in [5.41, 5.74) is 0.474. The van der Waals surface area contributed by atoms with Crippen molar-refractivity contribution in [2.45, 2.75) is 38.0 Å². The normalized spacial score (nSPS) is 25.9. The number of carbonyl (C=O) groups is 1. The van der Waals surface area contributed by atoms with Gasteiger partial charge in [0.05, 0.1) is 14.2 Å². The zero-order valence-corrected chi connectivity index (χ0v) is 15.4. The van der Waals surface area contributed by atoms with Crippen LogP contribution in [0.25, 0.3) is 0 Å². The minimum absolute atomic E-state index is 0.357. The third kappa shape index (κ3) is 3.98. The molecule has 0 fully saturated rings. The van der Waals surface area contributed by atoms with Crippen LogP contribution in [0.15, 0.2) is 23.5 Å². The average Bonchev–Trinajstić information content (AvgIpc) is 2.61. The Morgan fingerprint density at radius 1 is 1.23 bits per heavy atom. The number of rotatable bonds is 6. The summed E-state index contributed by atoms with van der Waals surface area (Å²) in [6.07, 6.45) is 3.17. The van der Waals surface area contributed by atoms with Crippen molar-refractivity contribution in [1.82, 2.24) is 0 Å². The Morgan fingerprint density at radius 3 is 2.27 bits per heavy atom. The molecule has 0 bridgehead atoms. The molecule has 0 heterocycles. The highest BCUT2D eigenvalue weighted by Crippen LogP contribution is 2.36. The molecule has 126 valence electrons. The summed E-state index contributed by atoms with van der Waals surface area (Å²) < 4.78 is 27.8. The lowest BCUT2D eigenvalue weighted by molar-refractivity contribution is -0.216. The molecule has 0 aliphatic heterocycles. The van der Waals surface area contributed by atoms with Gasteiger partial charge in [0.2, 0.25) is 5.79 Å². The Kier molecular flexibility index (Phi) is 6.36. The van der Waals surface area contributed by atoms with Gasteiger partial charge in [0.25, 0.3) is 0 Å². The van der Waals surface area contributed by atoms with E-state index in [4.69, 9.17) is 23.4 Å². The predicted octanol–water partition coefficient (Wildman–Crippen LogP) is 2.23. The minimum atomic E-state index is -2.01. The lowest BCUT2D eigenvalue weighted by Gasteiger charge is -2.41. The Labute approximate surface area is 133 Å². The van der Waals surface area contributed by atoms with Crippen LogP contribution in [-0.4, -0.2) is 54.6 Å². The molecule has 2 unspecified atom stereocenters. The van der Waals surface area contributed by atoms with Crippen LogP contribution in [0.3, 0.4) is 0 Å². The molecule has 0 aromatic heterocycles. The van der Waals surface area contributed by atoms with E-state index in [1.807, 2.05) is 19.6 Å². The second-order valence-corrected chi connectivity index (χ2v) is 10.3. The van der Waals surface area contributed by atoms with Gasteiger partial charge >= 0.3 is 5.97 Å². The van der Waals surface area contributed by atoms with E-state index in [0.29, 0.717) is 17.8 Å². The van der Waals surface area contributed by atoms with Gasteiger partial charge in [-0.25, -0.2) is 4.79 Å². The first kappa shape index (κ1) is 18.9. The highest BCUT2D eigenvalue weighted by molar-refractivity contribution is 6.69. The first-order chi connectivity index (χ1) is 10.2. The zero-order valence-electron chi connectivity index (χ0n) is 14.4. The smallest absolute Gasteiger partial charge is 0.333 e. The van der Waals surface area contributed by atoms with E-state index in [2.05, 4.69) is 0 Å². The van der Waals surface area contributed by atoms with Crippen LogP contribution in [0, 0.1) is 0 Å². The summed E-state index contributed by atoms with van der Waals surface area (Å²) in [5, 5.41) is 0. The molecule has 6 nitrogen and oxygen atoms in total. The molecule has 0 saturated heterocycles. The Hall–Kier alpha value is -1.15. The number of hydrogen-bond acceptors (Lipinski definition) is 6. The van der Waals surface area contributed by atoms with Gasteiger partial charge in [-0.15, -0.1) is 0 Å². The van der Waals surface area contributed by atoms with E-state index in [1.54, 1.807) is 19.3 Å². The molecule has 0 aromatic carbocycles. The fraction of sp³-hybridized carbons (Fsp3) is 0.667. The number of ether oxygens (including phenoxy) is 4. The molecule has 7 heteroatoms. The van der Waals surface area contributed by atoms with Gasteiger partial charge in [0, 0.05) is 26.2 Å². The molecule has 0 spiro atoms. The lowest BCUT2D eigenvalue weighted by atomic mass is 10.1. The van der Waals surface area contributed by atoms with Crippen LogP contribution in [0.1, 0.15) is 6.42 Å². The molecular formula is C15H26O6Si. The third-order valence-corrected chi connectivity index (χ3v) is 4.18. The first-order valence-electron chi connectivity index (χ1n) is 7.05. The number of methoxy groups -OCH3 is 4. The molecule has 0 aromatic rings. The number of carbonyl (C=O) groups excluding carboxylic acids is 1. The van der Waals surface area contributed by atoms with Gasteiger partial charge in [0.1, 0.15) is 6.10 Å². The summed E-state index contributed by atoms with van der Waals surface area (Å²) in [6.45, 7) is 6.14. The fourth-order valence-electron chi connectivity index (χ4n) is 2.40. The number of esters is 1. The molecular weight excluding hydrogens is 304 g/mol. The van der Waals surface area contributed by atoms with Crippen LogP contribution >= 0.6 is 0 Å². The summed E-state index contributed by atoms with van der Waals surface area (Å²) >= 11 is 0.